The molecule has 0 amide bonds. The standard InChI is InChI=1S/C18H25.C17H15.C2H6Si.2ClH.Zr/c1-11(2)14-7-16-8-15(12(3)4)10-18(16)17(9-14)13(5)6;1-12-10-16-13(2)8-9-15(17(16)11-12)14-6-4-3-5-7-14;1-3-2;;;/h7-13H,1-6H3;3-11H,1-2H3;1-2H3;2*1H;/q2*-1;;;;+2/p-2. The molecule has 0 aliphatic carbocycles. The van der Waals surface area contributed by atoms with E-state index < -0.39 is 0 Å². The summed E-state index contributed by atoms with van der Waals surface area (Å²) in [5, 5.41) is 5.63. The van der Waals surface area contributed by atoms with Crippen molar-refractivity contribution in [2.45, 2.75) is 86.2 Å². The first-order valence-corrected chi connectivity index (χ1v) is 20.6. The van der Waals surface area contributed by atoms with Gasteiger partial charge in [0.15, 0.2) is 0 Å². The maximum absolute atomic E-state index is 2.40. The maximum atomic E-state index is 2.40. The molecule has 0 heterocycles. The molecule has 0 fully saturated rings. The van der Waals surface area contributed by atoms with Gasteiger partial charge in [-0.15, -0.1) is 62.5 Å². The molecule has 5 aromatic carbocycles. The molecule has 0 saturated heterocycles. The van der Waals surface area contributed by atoms with E-state index in [-0.39, 0.29) is 30.2 Å². The van der Waals surface area contributed by atoms with Crippen LogP contribution in [0.2, 0.25) is 13.1 Å². The Morgan fingerprint density at radius 1 is 0.683 bits per heavy atom. The summed E-state index contributed by atoms with van der Waals surface area (Å²) in [5.74, 6) is 1.80. The van der Waals surface area contributed by atoms with Crippen molar-refractivity contribution >= 4 is 27.0 Å². The van der Waals surface area contributed by atoms with E-state index in [1.54, 1.807) is 23.3 Å². The molecule has 0 aliphatic rings. The predicted molar refractivity (Wildman–Crippen MR) is 174 cm³/mol. The number of benzene rings is 3. The minimum Gasteiger partial charge on any atom is -1.00 e. The summed E-state index contributed by atoms with van der Waals surface area (Å²) in [6, 6.07) is 29.1. The van der Waals surface area contributed by atoms with Gasteiger partial charge in [0.25, 0.3) is 0 Å². The minimum absolute atomic E-state index is 0. The van der Waals surface area contributed by atoms with Gasteiger partial charge in [0.2, 0.25) is 0 Å². The number of rotatable bonds is 4. The topological polar surface area (TPSA) is 0 Å². The van der Waals surface area contributed by atoms with E-state index in [2.05, 4.69) is 147 Å². The van der Waals surface area contributed by atoms with E-state index >= 15 is 0 Å². The van der Waals surface area contributed by atoms with Crippen molar-refractivity contribution < 1.29 is 48.1 Å². The molecule has 218 valence electrons. The molecule has 0 bridgehead atoms. The van der Waals surface area contributed by atoms with Crippen LogP contribution < -0.4 is 24.8 Å². The van der Waals surface area contributed by atoms with E-state index in [0.717, 1.165) is 0 Å². The van der Waals surface area contributed by atoms with E-state index in [1.807, 2.05) is 0 Å². The summed E-state index contributed by atoms with van der Waals surface area (Å²) in [7, 11) is 0. The third kappa shape index (κ3) is 10.1. The zero-order valence-corrected chi connectivity index (χ0v) is 31.5. The van der Waals surface area contributed by atoms with E-state index in [1.165, 1.54) is 60.5 Å². The Kier molecular flexibility index (Phi) is 15.6. The number of aryl methyl sites for hydroxylation is 2. The second kappa shape index (κ2) is 17.0. The molecular formula is C37H46Cl2SiZr-2. The molecule has 41 heavy (non-hydrogen) atoms. The molecule has 0 N–H and O–H groups in total. The number of halogens is 2. The van der Waals surface area contributed by atoms with Crippen LogP contribution in [-0.2, 0) is 23.3 Å². The van der Waals surface area contributed by atoms with Crippen molar-refractivity contribution in [1.82, 2.24) is 0 Å². The molecule has 0 spiro atoms. The molecule has 0 saturated carbocycles. The zero-order chi connectivity index (χ0) is 28.9. The summed E-state index contributed by atoms with van der Waals surface area (Å²) < 4.78 is 0. The Morgan fingerprint density at radius 3 is 1.83 bits per heavy atom. The Hall–Kier alpha value is -1.44. The van der Waals surface area contributed by atoms with Crippen LogP contribution in [0.5, 0.6) is 0 Å². The fourth-order valence-electron chi connectivity index (χ4n) is 5.00. The molecule has 0 radical (unpaired) electrons. The smallest absolute Gasteiger partial charge is 0.0279 e. The predicted octanol–water partition coefficient (Wildman–Crippen LogP) is 5.56. The summed E-state index contributed by atoms with van der Waals surface area (Å²) >= 11 is 1.74. The molecule has 0 aliphatic heterocycles. The summed E-state index contributed by atoms with van der Waals surface area (Å²) in [6.07, 6.45) is 0. The van der Waals surface area contributed by atoms with Crippen LogP contribution in [0.25, 0.3) is 32.7 Å². The Labute approximate surface area is 277 Å². The minimum atomic E-state index is 0. The molecule has 0 aromatic heterocycles. The monoisotopic (exact) mass is 678 g/mol. The average molecular weight is 681 g/mol. The van der Waals surface area contributed by atoms with Crippen molar-refractivity contribution in [1.29, 1.82) is 0 Å². The quantitative estimate of drug-likeness (QED) is 0.172. The van der Waals surface area contributed by atoms with Crippen molar-refractivity contribution in [3.8, 4) is 11.1 Å². The second-order valence-corrected chi connectivity index (χ2v) is 21.4. The fourth-order valence-corrected chi connectivity index (χ4v) is 5.00. The molecule has 4 heteroatoms. The second-order valence-electron chi connectivity index (χ2n) is 12.0. The molecule has 5 rings (SSSR count). The van der Waals surface area contributed by atoms with Crippen LogP contribution in [0.1, 0.15) is 87.1 Å². The van der Waals surface area contributed by atoms with Gasteiger partial charge in [-0.1, -0.05) is 115 Å². The third-order valence-corrected chi connectivity index (χ3v) is 7.19. The van der Waals surface area contributed by atoms with Gasteiger partial charge in [-0.05, 0) is 23.3 Å². The van der Waals surface area contributed by atoms with Gasteiger partial charge in [0.1, 0.15) is 0 Å². The van der Waals surface area contributed by atoms with Gasteiger partial charge in [-0.2, -0.15) is 12.1 Å². The Morgan fingerprint density at radius 2 is 1.29 bits per heavy atom. The van der Waals surface area contributed by atoms with Crippen molar-refractivity contribution in [3.05, 3.63) is 107 Å². The van der Waals surface area contributed by atoms with Gasteiger partial charge < -0.3 is 24.8 Å². The van der Waals surface area contributed by atoms with Crippen molar-refractivity contribution in [2.75, 3.05) is 0 Å². The van der Waals surface area contributed by atoms with Crippen molar-refractivity contribution in [3.63, 3.8) is 0 Å². The third-order valence-electron chi connectivity index (χ3n) is 7.19. The van der Waals surface area contributed by atoms with Gasteiger partial charge >= 0.3 is 41.9 Å². The largest absolute Gasteiger partial charge is 1.00 e. The van der Waals surface area contributed by atoms with E-state index in [9.17, 15) is 0 Å². The fraction of sp³-hybridized carbons (Fsp3) is 0.351. The zero-order valence-electron chi connectivity index (χ0n) is 26.5. The molecule has 0 nitrogen and oxygen atoms in total. The van der Waals surface area contributed by atoms with Gasteiger partial charge in [-0.25, -0.2) is 0 Å². The van der Waals surface area contributed by atoms with Crippen LogP contribution in [0.15, 0.2) is 78.9 Å². The van der Waals surface area contributed by atoms with Crippen LogP contribution >= 0.6 is 0 Å². The van der Waals surface area contributed by atoms with Crippen LogP contribution in [0, 0.1) is 13.8 Å². The van der Waals surface area contributed by atoms with Crippen LogP contribution in [0.3, 0.4) is 0 Å². The number of hydrogen-bond donors (Lipinski definition) is 0. The van der Waals surface area contributed by atoms with Crippen LogP contribution in [0.4, 0.5) is 0 Å². The van der Waals surface area contributed by atoms with E-state index in [4.69, 9.17) is 0 Å². The molecular weight excluding hydrogens is 635 g/mol. The summed E-state index contributed by atoms with van der Waals surface area (Å²) in [6.45, 7) is 22.6. The summed E-state index contributed by atoms with van der Waals surface area (Å²) in [5.41, 5.74) is 9.96. The maximum Gasteiger partial charge on any atom is -0.0279 e. The molecule has 0 atom stereocenters. The first-order valence-electron chi connectivity index (χ1n) is 14.4. The SMILES string of the molecule is CC(C)c1cc(C(C)C)c2cc(C(C)C)[cH-]c2c1.C[Si](C)=[Zr+2].Cc1cc2c(-c3ccccc3)ccc(C)c2[cH-]1.[Cl-].[Cl-]. The average Bonchev–Trinajstić information content (AvgIpc) is 3.48. The first-order chi connectivity index (χ1) is 18.4. The number of hydrogen-bond acceptors (Lipinski definition) is 0. The summed E-state index contributed by atoms with van der Waals surface area (Å²) in [4.78, 5) is 0. The molecule has 0 unspecified atom stereocenters. The van der Waals surface area contributed by atoms with Gasteiger partial charge in [-0.3, -0.25) is 0 Å². The molecule has 5 aromatic rings. The van der Waals surface area contributed by atoms with Gasteiger partial charge in [0, 0.05) is 0 Å². The van der Waals surface area contributed by atoms with Crippen LogP contribution in [-0.4, -0.2) is 5.43 Å². The Balaban J connectivity index is 0.000000348. The van der Waals surface area contributed by atoms with E-state index in [0.29, 0.717) is 17.8 Å². The number of fused-ring (bicyclic) bond motifs is 2. The van der Waals surface area contributed by atoms with Gasteiger partial charge in [0.05, 0.1) is 0 Å². The first kappa shape index (κ1) is 37.6. The Bertz CT molecular complexity index is 1530. The normalized spacial score (nSPS) is 10.6. The van der Waals surface area contributed by atoms with Crippen molar-refractivity contribution in [2.24, 2.45) is 0 Å².